The van der Waals surface area contributed by atoms with Crippen molar-refractivity contribution in [2.75, 3.05) is 23.7 Å². The Labute approximate surface area is 114 Å². The molecule has 1 saturated heterocycles. The molecule has 0 aliphatic carbocycles. The van der Waals surface area contributed by atoms with Gasteiger partial charge in [-0.2, -0.15) is 0 Å². The molecule has 2 rings (SSSR count). The van der Waals surface area contributed by atoms with Crippen molar-refractivity contribution in [1.82, 2.24) is 0 Å². The monoisotopic (exact) mass is 333 g/mol. The molecule has 0 amide bonds. The van der Waals surface area contributed by atoms with Crippen molar-refractivity contribution in [2.24, 2.45) is 0 Å². The number of benzene rings is 1. The maximum absolute atomic E-state index is 11.8. The molecule has 0 spiro atoms. The second kappa shape index (κ2) is 4.89. The van der Waals surface area contributed by atoms with Crippen LogP contribution in [0.15, 0.2) is 22.7 Å². The lowest BCUT2D eigenvalue weighted by atomic mass is 10.2. The zero-order valence-electron chi connectivity index (χ0n) is 9.72. The summed E-state index contributed by atoms with van der Waals surface area (Å²) in [6.45, 7) is 0.444. The highest BCUT2D eigenvalue weighted by atomic mass is 79.9. The number of halogens is 1. The van der Waals surface area contributed by atoms with Crippen LogP contribution in [0, 0.1) is 0 Å². The molecule has 5 nitrogen and oxygen atoms in total. The van der Waals surface area contributed by atoms with Gasteiger partial charge in [0.05, 0.1) is 24.1 Å². The molecule has 1 aliphatic rings. The Balaban J connectivity index is 2.46. The molecule has 1 aromatic carbocycles. The smallest absolute Gasteiger partial charge is 0.337 e. The van der Waals surface area contributed by atoms with E-state index in [1.807, 2.05) is 0 Å². The van der Waals surface area contributed by atoms with Crippen molar-refractivity contribution in [2.45, 2.75) is 6.42 Å². The fourth-order valence-electron chi connectivity index (χ4n) is 1.88. The van der Waals surface area contributed by atoms with E-state index in [4.69, 9.17) is 0 Å². The Morgan fingerprint density at radius 2 is 2.11 bits per heavy atom. The number of ether oxygens (including phenoxy) is 1. The van der Waals surface area contributed by atoms with E-state index in [9.17, 15) is 13.2 Å². The van der Waals surface area contributed by atoms with Gasteiger partial charge in [-0.15, -0.1) is 0 Å². The number of methoxy groups -OCH3 is 1. The van der Waals surface area contributed by atoms with Crippen LogP contribution in [0.4, 0.5) is 5.69 Å². The lowest BCUT2D eigenvalue weighted by molar-refractivity contribution is 0.0600. The highest BCUT2D eigenvalue weighted by Gasteiger charge is 2.29. The number of rotatable bonds is 2. The van der Waals surface area contributed by atoms with Crippen LogP contribution in [-0.2, 0) is 14.8 Å². The normalized spacial score (nSPS) is 17.8. The van der Waals surface area contributed by atoms with Gasteiger partial charge in [0.15, 0.2) is 0 Å². The van der Waals surface area contributed by atoms with Crippen molar-refractivity contribution in [3.8, 4) is 0 Å². The van der Waals surface area contributed by atoms with E-state index in [2.05, 4.69) is 20.7 Å². The van der Waals surface area contributed by atoms with Crippen molar-refractivity contribution in [3.05, 3.63) is 28.2 Å². The highest BCUT2D eigenvalue weighted by molar-refractivity contribution is 9.10. The molecule has 0 unspecified atom stereocenters. The topological polar surface area (TPSA) is 63.7 Å². The molecule has 98 valence electrons. The van der Waals surface area contributed by atoms with Crippen molar-refractivity contribution in [1.29, 1.82) is 0 Å². The maximum atomic E-state index is 11.8. The maximum Gasteiger partial charge on any atom is 0.337 e. The van der Waals surface area contributed by atoms with Crippen molar-refractivity contribution >= 4 is 37.6 Å². The van der Waals surface area contributed by atoms with E-state index in [1.54, 1.807) is 12.1 Å². The summed E-state index contributed by atoms with van der Waals surface area (Å²) in [6.07, 6.45) is 0.600. The van der Waals surface area contributed by atoms with Crippen LogP contribution in [0.5, 0.6) is 0 Å². The zero-order chi connectivity index (χ0) is 13.3. The number of nitrogens with zero attached hydrogens (tertiary/aromatic N) is 1. The number of esters is 1. The standard InChI is InChI=1S/C11H12BrNO4S/c1-17-11(14)8-5-9(12)7-10(6-8)13-3-2-4-18(13,15)16/h5-7H,2-4H2,1H3. The Kier molecular flexibility index (Phi) is 3.63. The average Bonchev–Trinajstić information content (AvgIpc) is 2.67. The predicted octanol–water partition coefficient (Wildman–Crippen LogP) is 1.78. The van der Waals surface area contributed by atoms with Crippen LogP contribution in [0.2, 0.25) is 0 Å². The molecule has 0 aromatic heterocycles. The minimum Gasteiger partial charge on any atom is -0.465 e. The van der Waals surface area contributed by atoms with Crippen LogP contribution in [0.25, 0.3) is 0 Å². The molecule has 0 saturated carbocycles. The first kappa shape index (κ1) is 13.4. The van der Waals surface area contributed by atoms with Gasteiger partial charge in [-0.25, -0.2) is 13.2 Å². The summed E-state index contributed by atoms with van der Waals surface area (Å²) in [7, 11) is -1.96. The first-order valence-electron chi connectivity index (χ1n) is 5.33. The van der Waals surface area contributed by atoms with Gasteiger partial charge >= 0.3 is 5.97 Å². The van der Waals surface area contributed by atoms with E-state index in [0.29, 0.717) is 28.7 Å². The number of sulfonamides is 1. The second-order valence-electron chi connectivity index (χ2n) is 3.93. The minimum atomic E-state index is -3.25. The summed E-state index contributed by atoms with van der Waals surface area (Å²) in [4.78, 5) is 11.5. The van der Waals surface area contributed by atoms with Crippen LogP contribution in [-0.4, -0.2) is 33.8 Å². The van der Waals surface area contributed by atoms with Crippen LogP contribution in [0.3, 0.4) is 0 Å². The third-order valence-electron chi connectivity index (χ3n) is 2.69. The van der Waals surface area contributed by atoms with Gasteiger partial charge in [0.25, 0.3) is 0 Å². The molecule has 0 N–H and O–H groups in total. The van der Waals surface area contributed by atoms with Gasteiger partial charge in [-0.3, -0.25) is 4.31 Å². The first-order valence-corrected chi connectivity index (χ1v) is 7.73. The Morgan fingerprint density at radius 3 is 2.67 bits per heavy atom. The Morgan fingerprint density at radius 1 is 1.39 bits per heavy atom. The van der Waals surface area contributed by atoms with E-state index < -0.39 is 16.0 Å². The third kappa shape index (κ3) is 2.51. The molecule has 18 heavy (non-hydrogen) atoms. The summed E-state index contributed by atoms with van der Waals surface area (Å²) in [6, 6.07) is 4.80. The van der Waals surface area contributed by atoms with Crippen molar-refractivity contribution < 1.29 is 17.9 Å². The van der Waals surface area contributed by atoms with Gasteiger partial charge in [0.2, 0.25) is 10.0 Å². The molecule has 1 aromatic rings. The summed E-state index contributed by atoms with van der Waals surface area (Å²) >= 11 is 3.27. The Hall–Kier alpha value is -1.08. The molecule has 1 fully saturated rings. The highest BCUT2D eigenvalue weighted by Crippen LogP contribution is 2.28. The second-order valence-corrected chi connectivity index (χ2v) is 6.86. The van der Waals surface area contributed by atoms with Gasteiger partial charge < -0.3 is 4.74 Å². The molecule has 0 atom stereocenters. The SMILES string of the molecule is COC(=O)c1cc(Br)cc(N2CCCS2(=O)=O)c1. The average molecular weight is 334 g/mol. The molecular formula is C11H12BrNO4S. The number of anilines is 1. The van der Waals surface area contributed by atoms with Gasteiger partial charge in [-0.1, -0.05) is 15.9 Å². The quantitative estimate of drug-likeness (QED) is 0.774. The minimum absolute atomic E-state index is 0.146. The van der Waals surface area contributed by atoms with E-state index in [1.165, 1.54) is 17.5 Å². The predicted molar refractivity (Wildman–Crippen MR) is 71.2 cm³/mol. The third-order valence-corrected chi connectivity index (χ3v) is 5.02. The first-order chi connectivity index (χ1) is 8.44. The largest absolute Gasteiger partial charge is 0.465 e. The fraction of sp³-hybridized carbons (Fsp3) is 0.364. The van der Waals surface area contributed by atoms with Gasteiger partial charge in [0, 0.05) is 11.0 Å². The molecule has 1 heterocycles. The lowest BCUT2D eigenvalue weighted by Gasteiger charge is -2.17. The zero-order valence-corrected chi connectivity index (χ0v) is 12.1. The van der Waals surface area contributed by atoms with Crippen molar-refractivity contribution in [3.63, 3.8) is 0 Å². The Bertz CT molecular complexity index is 585. The molecule has 0 bridgehead atoms. The summed E-state index contributed by atoms with van der Waals surface area (Å²) in [5.41, 5.74) is 0.811. The number of carbonyl (C=O) groups excluding carboxylic acids is 1. The van der Waals surface area contributed by atoms with Crippen LogP contribution in [0.1, 0.15) is 16.8 Å². The summed E-state index contributed by atoms with van der Waals surface area (Å²) < 4.78 is 30.2. The van der Waals surface area contributed by atoms with E-state index in [-0.39, 0.29) is 5.75 Å². The van der Waals surface area contributed by atoms with E-state index >= 15 is 0 Å². The lowest BCUT2D eigenvalue weighted by Crippen LogP contribution is -2.25. The number of hydrogen-bond donors (Lipinski definition) is 0. The van der Waals surface area contributed by atoms with Crippen LogP contribution < -0.4 is 4.31 Å². The summed E-state index contributed by atoms with van der Waals surface area (Å²) in [5.74, 6) is -0.346. The van der Waals surface area contributed by atoms with Gasteiger partial charge in [0.1, 0.15) is 0 Å². The number of carbonyl (C=O) groups is 1. The molecule has 1 aliphatic heterocycles. The van der Waals surface area contributed by atoms with Crippen LogP contribution >= 0.6 is 15.9 Å². The van der Waals surface area contributed by atoms with E-state index in [0.717, 1.165) is 0 Å². The molecule has 7 heteroatoms. The molecule has 0 radical (unpaired) electrons. The fourth-order valence-corrected chi connectivity index (χ4v) is 3.91. The molecular weight excluding hydrogens is 322 g/mol. The summed E-state index contributed by atoms with van der Waals surface area (Å²) in [5, 5.41) is 0. The number of hydrogen-bond acceptors (Lipinski definition) is 4. The van der Waals surface area contributed by atoms with Gasteiger partial charge in [-0.05, 0) is 24.6 Å².